The molecule has 1 aliphatic heterocycles. The van der Waals surface area contributed by atoms with E-state index in [9.17, 15) is 0 Å². The third-order valence-electron chi connectivity index (χ3n) is 3.76. The second-order valence-corrected chi connectivity index (χ2v) is 5.11. The van der Waals surface area contributed by atoms with Crippen LogP contribution < -0.4 is 5.43 Å². The van der Waals surface area contributed by atoms with Gasteiger partial charge in [-0.2, -0.15) is 0 Å². The molecule has 2 unspecified atom stereocenters. The first kappa shape index (κ1) is 12.6. The van der Waals surface area contributed by atoms with Gasteiger partial charge in [0.2, 0.25) is 0 Å². The molecule has 4 nitrogen and oxygen atoms in total. The van der Waals surface area contributed by atoms with Crippen LogP contribution in [0.4, 0.5) is 0 Å². The van der Waals surface area contributed by atoms with Crippen LogP contribution in [0, 0.1) is 6.92 Å². The summed E-state index contributed by atoms with van der Waals surface area (Å²) in [6, 6.07) is 1.31. The van der Waals surface area contributed by atoms with Crippen LogP contribution in [-0.2, 0) is 6.54 Å². The maximum atomic E-state index is 4.23. The molecule has 0 saturated carbocycles. The highest BCUT2D eigenvalue weighted by Gasteiger charge is 2.23. The minimum absolute atomic E-state index is 0.655. The summed E-state index contributed by atoms with van der Waals surface area (Å²) in [6.45, 7) is 8.63. The van der Waals surface area contributed by atoms with Gasteiger partial charge in [0.05, 0.1) is 0 Å². The summed E-state index contributed by atoms with van der Waals surface area (Å²) in [6.07, 6.45) is 7.88. The Morgan fingerprint density at radius 3 is 2.65 bits per heavy atom. The maximum Gasteiger partial charge on any atom is 0.105 e. The number of nitrogens with one attached hydrogen (secondary N) is 1. The average molecular weight is 236 g/mol. The zero-order valence-corrected chi connectivity index (χ0v) is 11.2. The summed E-state index contributed by atoms with van der Waals surface area (Å²) in [5.41, 5.74) is 3.57. The number of imidazole rings is 1. The van der Waals surface area contributed by atoms with E-state index in [1.165, 1.54) is 19.3 Å². The predicted molar refractivity (Wildman–Crippen MR) is 69.6 cm³/mol. The van der Waals surface area contributed by atoms with E-state index in [1.54, 1.807) is 0 Å². The van der Waals surface area contributed by atoms with Crippen molar-refractivity contribution < 1.29 is 0 Å². The molecule has 1 aliphatic rings. The van der Waals surface area contributed by atoms with Crippen molar-refractivity contribution in [3.8, 4) is 0 Å². The van der Waals surface area contributed by atoms with Gasteiger partial charge in [0.15, 0.2) is 0 Å². The summed E-state index contributed by atoms with van der Waals surface area (Å²) < 4.78 is 2.19. The SMILES string of the molecule is Cc1nccn1CCNN1C(C)CCCC1C. The van der Waals surface area contributed by atoms with Crippen molar-refractivity contribution in [3.63, 3.8) is 0 Å². The van der Waals surface area contributed by atoms with Gasteiger partial charge in [0.1, 0.15) is 5.82 Å². The Hall–Kier alpha value is -0.870. The minimum atomic E-state index is 0.655. The highest BCUT2D eigenvalue weighted by Crippen LogP contribution is 2.19. The van der Waals surface area contributed by atoms with Crippen LogP contribution >= 0.6 is 0 Å². The Balaban J connectivity index is 1.79. The molecule has 4 heteroatoms. The van der Waals surface area contributed by atoms with E-state index in [1.807, 2.05) is 19.3 Å². The summed E-state index contributed by atoms with van der Waals surface area (Å²) in [5, 5.41) is 2.43. The van der Waals surface area contributed by atoms with E-state index in [4.69, 9.17) is 0 Å². The Kier molecular flexibility index (Phi) is 4.18. The van der Waals surface area contributed by atoms with Gasteiger partial charge in [-0.15, -0.1) is 0 Å². The van der Waals surface area contributed by atoms with Crippen molar-refractivity contribution in [1.82, 2.24) is 20.0 Å². The highest BCUT2D eigenvalue weighted by atomic mass is 15.5. The molecule has 0 bridgehead atoms. The number of hydrazine groups is 1. The molecule has 1 saturated heterocycles. The fourth-order valence-electron chi connectivity index (χ4n) is 2.67. The molecule has 2 heterocycles. The predicted octanol–water partition coefficient (Wildman–Crippen LogP) is 1.96. The fourth-order valence-corrected chi connectivity index (χ4v) is 2.67. The third-order valence-corrected chi connectivity index (χ3v) is 3.76. The molecule has 2 atom stereocenters. The van der Waals surface area contributed by atoms with E-state index in [0.717, 1.165) is 18.9 Å². The normalized spacial score (nSPS) is 26.3. The Bertz CT molecular complexity index is 337. The molecule has 1 fully saturated rings. The van der Waals surface area contributed by atoms with Crippen molar-refractivity contribution in [1.29, 1.82) is 0 Å². The van der Waals surface area contributed by atoms with Crippen LogP contribution in [0.5, 0.6) is 0 Å². The molecule has 2 rings (SSSR count). The minimum Gasteiger partial charge on any atom is -0.334 e. The number of piperidine rings is 1. The number of nitrogens with zero attached hydrogens (tertiary/aromatic N) is 3. The Morgan fingerprint density at radius 2 is 2.06 bits per heavy atom. The summed E-state index contributed by atoms with van der Waals surface area (Å²) in [7, 11) is 0. The molecule has 0 aliphatic carbocycles. The number of hydrogen-bond donors (Lipinski definition) is 1. The molecule has 0 aromatic carbocycles. The summed E-state index contributed by atoms with van der Waals surface area (Å²) in [4.78, 5) is 4.23. The molecule has 0 radical (unpaired) electrons. The van der Waals surface area contributed by atoms with E-state index in [-0.39, 0.29) is 0 Å². The van der Waals surface area contributed by atoms with E-state index in [2.05, 4.69) is 33.8 Å². The van der Waals surface area contributed by atoms with Crippen LogP contribution in [0.2, 0.25) is 0 Å². The second-order valence-electron chi connectivity index (χ2n) is 5.11. The van der Waals surface area contributed by atoms with Crippen LogP contribution in [-0.4, -0.2) is 33.2 Å². The zero-order chi connectivity index (χ0) is 12.3. The molecule has 0 spiro atoms. The van der Waals surface area contributed by atoms with E-state index in [0.29, 0.717) is 12.1 Å². The molecule has 96 valence electrons. The molecule has 17 heavy (non-hydrogen) atoms. The van der Waals surface area contributed by atoms with Crippen LogP contribution in [0.15, 0.2) is 12.4 Å². The lowest BCUT2D eigenvalue weighted by atomic mass is 10.00. The molecule has 1 aromatic rings. The largest absolute Gasteiger partial charge is 0.334 e. The van der Waals surface area contributed by atoms with Crippen molar-refractivity contribution in [2.45, 2.75) is 58.7 Å². The first-order valence-electron chi connectivity index (χ1n) is 6.68. The first-order chi connectivity index (χ1) is 8.18. The van der Waals surface area contributed by atoms with Gasteiger partial charge in [0, 0.05) is 37.6 Å². The molecule has 1 aromatic heterocycles. The average Bonchev–Trinajstić information content (AvgIpc) is 2.69. The lowest BCUT2D eigenvalue weighted by molar-refractivity contribution is 0.0452. The zero-order valence-electron chi connectivity index (χ0n) is 11.2. The van der Waals surface area contributed by atoms with Crippen LogP contribution in [0.3, 0.4) is 0 Å². The number of hydrogen-bond acceptors (Lipinski definition) is 3. The van der Waals surface area contributed by atoms with Crippen LogP contribution in [0.1, 0.15) is 38.9 Å². The Labute approximate surface area is 104 Å². The van der Waals surface area contributed by atoms with Gasteiger partial charge in [-0.05, 0) is 33.6 Å². The lowest BCUT2D eigenvalue weighted by Gasteiger charge is -2.39. The van der Waals surface area contributed by atoms with Gasteiger partial charge in [-0.3, -0.25) is 5.43 Å². The summed E-state index contributed by atoms with van der Waals surface area (Å²) in [5.74, 6) is 1.09. The van der Waals surface area contributed by atoms with Gasteiger partial charge < -0.3 is 4.57 Å². The fraction of sp³-hybridized carbons (Fsp3) is 0.769. The van der Waals surface area contributed by atoms with Crippen LogP contribution in [0.25, 0.3) is 0 Å². The van der Waals surface area contributed by atoms with Crippen molar-refractivity contribution in [2.75, 3.05) is 6.54 Å². The topological polar surface area (TPSA) is 33.1 Å². The molecular formula is C13H24N4. The second kappa shape index (κ2) is 5.65. The van der Waals surface area contributed by atoms with Crippen molar-refractivity contribution in [3.05, 3.63) is 18.2 Å². The quantitative estimate of drug-likeness (QED) is 0.867. The monoisotopic (exact) mass is 236 g/mol. The smallest absolute Gasteiger partial charge is 0.105 e. The molecular weight excluding hydrogens is 212 g/mol. The third kappa shape index (κ3) is 3.07. The lowest BCUT2D eigenvalue weighted by Crippen LogP contribution is -2.52. The van der Waals surface area contributed by atoms with Gasteiger partial charge in [-0.1, -0.05) is 6.42 Å². The molecule has 0 amide bonds. The maximum absolute atomic E-state index is 4.23. The Morgan fingerprint density at radius 1 is 1.35 bits per heavy atom. The number of aryl methyl sites for hydroxylation is 1. The highest BCUT2D eigenvalue weighted by molar-refractivity contribution is 4.88. The van der Waals surface area contributed by atoms with Gasteiger partial charge >= 0.3 is 0 Å². The van der Waals surface area contributed by atoms with E-state index < -0.39 is 0 Å². The van der Waals surface area contributed by atoms with Crippen molar-refractivity contribution in [2.24, 2.45) is 0 Å². The van der Waals surface area contributed by atoms with Gasteiger partial charge in [-0.25, -0.2) is 9.99 Å². The number of rotatable bonds is 4. The molecule has 1 N–H and O–H groups in total. The number of aromatic nitrogens is 2. The van der Waals surface area contributed by atoms with E-state index >= 15 is 0 Å². The van der Waals surface area contributed by atoms with Crippen molar-refractivity contribution >= 4 is 0 Å². The van der Waals surface area contributed by atoms with Gasteiger partial charge in [0.25, 0.3) is 0 Å². The summed E-state index contributed by atoms with van der Waals surface area (Å²) >= 11 is 0. The standard InChI is InChI=1S/C13H24N4/c1-11-5-4-6-12(2)17(11)15-8-10-16-9-7-14-13(16)3/h7,9,11-12,15H,4-6,8,10H2,1-3H3. The first-order valence-corrected chi connectivity index (χ1v) is 6.68.